The fourth-order valence-corrected chi connectivity index (χ4v) is 4.40. The highest BCUT2D eigenvalue weighted by Crippen LogP contribution is 2.37. The third kappa shape index (κ3) is 8.72. The van der Waals surface area contributed by atoms with Crippen LogP contribution in [0, 0.1) is 17.8 Å². The Balaban J connectivity index is 2.01. The number of rotatable bonds is 12. The van der Waals surface area contributed by atoms with E-state index in [0.717, 1.165) is 32.4 Å². The monoisotopic (exact) mass is 441 g/mol. The third-order valence-electron chi connectivity index (χ3n) is 6.09. The molecule has 0 aromatic rings. The van der Waals surface area contributed by atoms with Gasteiger partial charge in [-0.15, -0.1) is 0 Å². The van der Waals surface area contributed by atoms with E-state index in [0.29, 0.717) is 44.7 Å². The SMILES string of the molecule is CCO[C@@H]1OC(C(=O)N2CCCCCCC2)=C[C@H](C(C)C)[C@@H]1CCOCCOCCO. The van der Waals surface area contributed by atoms with Crippen LogP contribution in [-0.4, -0.2) is 74.9 Å². The fraction of sp³-hybridized carbons (Fsp3) is 0.875. The van der Waals surface area contributed by atoms with Crippen LogP contribution in [-0.2, 0) is 23.7 Å². The standard InChI is InChI=1S/C24H43NO6/c1-4-30-24-20(10-14-28-16-17-29-15-13-26)21(19(2)3)18-22(31-24)23(27)25-11-8-6-5-7-9-12-25/h18-21,24,26H,4-17H2,1-3H3/t20-,21+,24+/m0/s1. The van der Waals surface area contributed by atoms with Gasteiger partial charge in [-0.3, -0.25) is 4.79 Å². The number of amides is 1. The Labute approximate surface area is 188 Å². The van der Waals surface area contributed by atoms with E-state index in [9.17, 15) is 4.79 Å². The summed E-state index contributed by atoms with van der Waals surface area (Å²) in [5.41, 5.74) is 0. The molecule has 180 valence electrons. The molecule has 2 rings (SSSR count). The zero-order chi connectivity index (χ0) is 22.5. The molecule has 0 bridgehead atoms. The first-order valence-corrected chi connectivity index (χ1v) is 12.1. The van der Waals surface area contributed by atoms with Crippen LogP contribution in [0.25, 0.3) is 0 Å². The first-order chi connectivity index (χ1) is 15.1. The number of aliphatic hydroxyl groups excluding tert-OH is 1. The van der Waals surface area contributed by atoms with E-state index in [4.69, 9.17) is 24.1 Å². The first-order valence-electron chi connectivity index (χ1n) is 12.1. The molecular formula is C24H43NO6. The van der Waals surface area contributed by atoms with Crippen molar-refractivity contribution < 1.29 is 28.8 Å². The number of carbonyl (C=O) groups excluding carboxylic acids is 1. The maximum Gasteiger partial charge on any atom is 0.288 e. The van der Waals surface area contributed by atoms with E-state index in [1.54, 1.807) is 0 Å². The Hall–Kier alpha value is -1.15. The second kappa shape index (κ2) is 14.8. The van der Waals surface area contributed by atoms with Crippen LogP contribution in [0.2, 0.25) is 0 Å². The molecule has 1 N–H and O–H groups in total. The number of allylic oxidation sites excluding steroid dienone is 1. The van der Waals surface area contributed by atoms with Crippen molar-refractivity contribution in [3.8, 4) is 0 Å². The zero-order valence-corrected chi connectivity index (χ0v) is 19.7. The normalized spacial score (nSPS) is 25.0. The van der Waals surface area contributed by atoms with E-state index in [-0.39, 0.29) is 24.3 Å². The summed E-state index contributed by atoms with van der Waals surface area (Å²) in [6.07, 6.45) is 8.14. The van der Waals surface area contributed by atoms with Crippen molar-refractivity contribution in [2.45, 2.75) is 65.6 Å². The van der Waals surface area contributed by atoms with Gasteiger partial charge in [0.25, 0.3) is 5.91 Å². The van der Waals surface area contributed by atoms with E-state index in [1.807, 2.05) is 17.9 Å². The van der Waals surface area contributed by atoms with Gasteiger partial charge in [-0.1, -0.05) is 33.1 Å². The van der Waals surface area contributed by atoms with Crippen LogP contribution < -0.4 is 0 Å². The lowest BCUT2D eigenvalue weighted by Gasteiger charge is -2.39. The fourth-order valence-electron chi connectivity index (χ4n) is 4.40. The Kier molecular flexibility index (Phi) is 12.5. The molecule has 0 aromatic carbocycles. The average molecular weight is 442 g/mol. The van der Waals surface area contributed by atoms with E-state index in [2.05, 4.69) is 13.8 Å². The summed E-state index contributed by atoms with van der Waals surface area (Å²) in [6.45, 7) is 10.4. The zero-order valence-electron chi connectivity index (χ0n) is 19.7. The number of hydrogen-bond acceptors (Lipinski definition) is 6. The molecule has 2 aliphatic heterocycles. The van der Waals surface area contributed by atoms with Crippen molar-refractivity contribution >= 4 is 5.91 Å². The molecule has 0 aromatic heterocycles. The summed E-state index contributed by atoms with van der Waals surface area (Å²) >= 11 is 0. The quantitative estimate of drug-likeness (QED) is 0.468. The lowest BCUT2D eigenvalue weighted by atomic mass is 9.79. The summed E-state index contributed by atoms with van der Waals surface area (Å²) in [5, 5.41) is 8.74. The van der Waals surface area contributed by atoms with E-state index < -0.39 is 6.29 Å². The van der Waals surface area contributed by atoms with Crippen LogP contribution in [0.3, 0.4) is 0 Å². The van der Waals surface area contributed by atoms with Gasteiger partial charge in [0.2, 0.25) is 6.29 Å². The Morgan fingerprint density at radius 3 is 2.35 bits per heavy atom. The number of hydrogen-bond donors (Lipinski definition) is 1. The molecule has 7 nitrogen and oxygen atoms in total. The Morgan fingerprint density at radius 1 is 1.10 bits per heavy atom. The molecule has 2 heterocycles. The summed E-state index contributed by atoms with van der Waals surface area (Å²) in [7, 11) is 0. The lowest BCUT2D eigenvalue weighted by Crippen LogP contribution is -2.43. The minimum Gasteiger partial charge on any atom is -0.459 e. The molecule has 0 radical (unpaired) electrons. The van der Waals surface area contributed by atoms with Crippen molar-refractivity contribution in [3.63, 3.8) is 0 Å². The molecule has 0 saturated carbocycles. The molecule has 1 amide bonds. The maximum atomic E-state index is 13.2. The summed E-state index contributed by atoms with van der Waals surface area (Å²) in [4.78, 5) is 15.2. The van der Waals surface area contributed by atoms with Crippen LogP contribution in [0.4, 0.5) is 0 Å². The van der Waals surface area contributed by atoms with Gasteiger partial charge < -0.3 is 29.0 Å². The molecular weight excluding hydrogens is 398 g/mol. The number of nitrogens with zero attached hydrogens (tertiary/aromatic N) is 1. The molecule has 0 spiro atoms. The van der Waals surface area contributed by atoms with Gasteiger partial charge in [0.15, 0.2) is 5.76 Å². The van der Waals surface area contributed by atoms with Gasteiger partial charge in [0.05, 0.1) is 26.4 Å². The van der Waals surface area contributed by atoms with Crippen LogP contribution in [0.15, 0.2) is 11.8 Å². The first kappa shape index (κ1) is 26.1. The van der Waals surface area contributed by atoms with E-state index in [1.165, 1.54) is 19.3 Å². The van der Waals surface area contributed by atoms with Gasteiger partial charge in [0, 0.05) is 32.2 Å². The minimum absolute atomic E-state index is 0.00739. The lowest BCUT2D eigenvalue weighted by molar-refractivity contribution is -0.180. The molecule has 2 aliphatic rings. The molecule has 7 heteroatoms. The van der Waals surface area contributed by atoms with Crippen LogP contribution in [0.5, 0.6) is 0 Å². The van der Waals surface area contributed by atoms with Gasteiger partial charge in [-0.05, 0) is 44.1 Å². The van der Waals surface area contributed by atoms with Gasteiger partial charge in [-0.25, -0.2) is 0 Å². The van der Waals surface area contributed by atoms with Gasteiger partial charge in [-0.2, -0.15) is 0 Å². The highest BCUT2D eigenvalue weighted by molar-refractivity contribution is 5.91. The van der Waals surface area contributed by atoms with Crippen molar-refractivity contribution in [3.05, 3.63) is 11.8 Å². The summed E-state index contributed by atoms with van der Waals surface area (Å²) in [5.74, 6) is 1.13. The predicted molar refractivity (Wildman–Crippen MR) is 119 cm³/mol. The van der Waals surface area contributed by atoms with Crippen molar-refractivity contribution in [2.75, 3.05) is 52.7 Å². The molecule has 1 saturated heterocycles. The molecule has 0 aliphatic carbocycles. The second-order valence-electron chi connectivity index (χ2n) is 8.75. The third-order valence-corrected chi connectivity index (χ3v) is 6.09. The van der Waals surface area contributed by atoms with Gasteiger partial charge in [0.1, 0.15) is 0 Å². The Morgan fingerprint density at radius 2 is 1.74 bits per heavy atom. The maximum absolute atomic E-state index is 13.2. The molecule has 0 unspecified atom stereocenters. The van der Waals surface area contributed by atoms with Gasteiger partial charge >= 0.3 is 0 Å². The topological polar surface area (TPSA) is 77.5 Å². The average Bonchev–Trinajstić information content (AvgIpc) is 2.73. The Bertz CT molecular complexity index is 530. The predicted octanol–water partition coefficient (Wildman–Crippen LogP) is 3.36. The molecule has 1 fully saturated rings. The highest BCUT2D eigenvalue weighted by Gasteiger charge is 2.39. The molecule has 31 heavy (non-hydrogen) atoms. The number of carbonyl (C=O) groups is 1. The largest absolute Gasteiger partial charge is 0.459 e. The highest BCUT2D eigenvalue weighted by atomic mass is 16.7. The van der Waals surface area contributed by atoms with Crippen LogP contribution >= 0.6 is 0 Å². The molecule has 3 atom stereocenters. The van der Waals surface area contributed by atoms with Crippen molar-refractivity contribution in [1.82, 2.24) is 4.90 Å². The smallest absolute Gasteiger partial charge is 0.288 e. The van der Waals surface area contributed by atoms with Crippen molar-refractivity contribution in [1.29, 1.82) is 0 Å². The van der Waals surface area contributed by atoms with Crippen molar-refractivity contribution in [2.24, 2.45) is 17.8 Å². The minimum atomic E-state index is -0.439. The summed E-state index contributed by atoms with van der Waals surface area (Å²) < 4.78 is 23.1. The number of aliphatic hydroxyl groups is 1. The number of ether oxygens (including phenoxy) is 4. The van der Waals surface area contributed by atoms with E-state index >= 15 is 0 Å². The summed E-state index contributed by atoms with van der Waals surface area (Å²) in [6, 6.07) is 0. The van der Waals surface area contributed by atoms with Crippen LogP contribution in [0.1, 0.15) is 59.3 Å². The number of likely N-dealkylation sites (tertiary alicyclic amines) is 1. The second-order valence-corrected chi connectivity index (χ2v) is 8.75.